The van der Waals surface area contributed by atoms with Gasteiger partial charge in [-0.05, 0) is 6.08 Å². The standard InChI is InChI=1S/C13H17N3O7/c1-22-8(18)3-2-6-4-16(13(21)15-11(6)14)12-10(20)9(19)7(5-17)23-12/h2-4,7,9-10,12,17,19-20H,5H2,1H3,(H2,14,15,21)/b3-2+/t7-,9-,10+,12-/m1/s1. The minimum Gasteiger partial charge on any atom is -0.466 e. The number of nitrogens with two attached hydrogens (primary N) is 1. The Labute approximate surface area is 130 Å². The van der Waals surface area contributed by atoms with Gasteiger partial charge in [-0.2, -0.15) is 4.98 Å². The Bertz CT molecular complexity index is 672. The summed E-state index contributed by atoms with van der Waals surface area (Å²) in [5.74, 6) is -0.756. The molecule has 2 heterocycles. The summed E-state index contributed by atoms with van der Waals surface area (Å²) in [5, 5.41) is 28.8. The highest BCUT2D eigenvalue weighted by Gasteiger charge is 2.43. The maximum Gasteiger partial charge on any atom is 0.351 e. The van der Waals surface area contributed by atoms with Crippen molar-refractivity contribution in [1.82, 2.24) is 9.55 Å². The van der Waals surface area contributed by atoms with Crippen molar-refractivity contribution in [3.8, 4) is 0 Å². The maximum absolute atomic E-state index is 11.9. The van der Waals surface area contributed by atoms with Crippen LogP contribution in [-0.2, 0) is 14.3 Å². The lowest BCUT2D eigenvalue weighted by atomic mass is 10.1. The second-order valence-electron chi connectivity index (χ2n) is 4.86. The molecule has 0 spiro atoms. The van der Waals surface area contributed by atoms with Crippen LogP contribution in [0.3, 0.4) is 0 Å². The van der Waals surface area contributed by atoms with Crippen LogP contribution in [0.15, 0.2) is 17.1 Å². The number of nitrogen functional groups attached to an aromatic ring is 1. The predicted molar refractivity (Wildman–Crippen MR) is 77.0 cm³/mol. The highest BCUT2D eigenvalue weighted by Crippen LogP contribution is 2.28. The van der Waals surface area contributed by atoms with E-state index in [4.69, 9.17) is 15.6 Å². The summed E-state index contributed by atoms with van der Waals surface area (Å²) in [5.41, 5.74) is 5.01. The first-order valence-electron chi connectivity index (χ1n) is 6.66. The van der Waals surface area contributed by atoms with Gasteiger partial charge in [0.2, 0.25) is 0 Å². The number of aliphatic hydroxyl groups is 3. The van der Waals surface area contributed by atoms with Crippen molar-refractivity contribution in [1.29, 1.82) is 0 Å². The number of hydrogen-bond donors (Lipinski definition) is 4. The molecule has 0 aromatic carbocycles. The largest absolute Gasteiger partial charge is 0.466 e. The molecule has 0 amide bonds. The fraction of sp³-hybridized carbons (Fsp3) is 0.462. The van der Waals surface area contributed by atoms with Crippen LogP contribution in [-0.4, -0.2) is 62.9 Å². The number of anilines is 1. The van der Waals surface area contributed by atoms with Crippen LogP contribution in [0.1, 0.15) is 11.8 Å². The molecule has 1 aliphatic heterocycles. The van der Waals surface area contributed by atoms with Gasteiger partial charge in [0.05, 0.1) is 13.7 Å². The molecule has 1 aliphatic rings. The van der Waals surface area contributed by atoms with Gasteiger partial charge in [0, 0.05) is 17.8 Å². The zero-order valence-corrected chi connectivity index (χ0v) is 12.2. The third kappa shape index (κ3) is 3.40. The van der Waals surface area contributed by atoms with Gasteiger partial charge < -0.3 is 30.5 Å². The number of hydrogen-bond acceptors (Lipinski definition) is 9. The molecule has 1 saturated heterocycles. The number of aliphatic hydroxyl groups excluding tert-OH is 3. The third-order valence-electron chi connectivity index (χ3n) is 3.40. The molecule has 0 bridgehead atoms. The van der Waals surface area contributed by atoms with Crippen molar-refractivity contribution in [2.75, 3.05) is 19.5 Å². The predicted octanol–water partition coefficient (Wildman–Crippen LogP) is -2.38. The number of aromatic nitrogens is 2. The molecule has 126 valence electrons. The van der Waals surface area contributed by atoms with Crippen LogP contribution in [0.4, 0.5) is 5.82 Å². The van der Waals surface area contributed by atoms with Crippen molar-refractivity contribution < 1.29 is 29.6 Å². The number of rotatable bonds is 4. The molecule has 1 aromatic heterocycles. The Kier molecular flexibility index (Phi) is 5.11. The normalized spacial score (nSPS) is 27.5. The minimum atomic E-state index is -1.44. The van der Waals surface area contributed by atoms with E-state index in [9.17, 15) is 19.8 Å². The highest BCUT2D eigenvalue weighted by molar-refractivity contribution is 5.87. The van der Waals surface area contributed by atoms with Crippen LogP contribution in [0.5, 0.6) is 0 Å². The number of esters is 1. The van der Waals surface area contributed by atoms with Gasteiger partial charge in [-0.3, -0.25) is 4.57 Å². The van der Waals surface area contributed by atoms with E-state index in [0.717, 1.165) is 10.6 Å². The number of nitrogens with zero attached hydrogens (tertiary/aromatic N) is 2. The summed E-state index contributed by atoms with van der Waals surface area (Å²) in [6.45, 7) is -0.527. The number of methoxy groups -OCH3 is 1. The summed E-state index contributed by atoms with van der Waals surface area (Å²) in [4.78, 5) is 26.6. The van der Waals surface area contributed by atoms with E-state index in [1.807, 2.05) is 0 Å². The Morgan fingerprint density at radius 3 is 2.78 bits per heavy atom. The quantitative estimate of drug-likeness (QED) is 0.350. The summed E-state index contributed by atoms with van der Waals surface area (Å²) in [7, 11) is 1.20. The summed E-state index contributed by atoms with van der Waals surface area (Å²) >= 11 is 0. The second kappa shape index (κ2) is 6.87. The lowest BCUT2D eigenvalue weighted by molar-refractivity contribution is -0.134. The molecule has 0 saturated carbocycles. The molecule has 4 atom stereocenters. The minimum absolute atomic E-state index is 0.127. The lowest BCUT2D eigenvalue weighted by Gasteiger charge is -2.18. The molecule has 1 aromatic rings. The summed E-state index contributed by atoms with van der Waals surface area (Å²) in [6.07, 6.45) is -1.48. The topological polar surface area (TPSA) is 157 Å². The highest BCUT2D eigenvalue weighted by atomic mass is 16.6. The number of ether oxygens (including phenoxy) is 2. The molecular weight excluding hydrogens is 310 g/mol. The van der Waals surface area contributed by atoms with Crippen LogP contribution >= 0.6 is 0 Å². The monoisotopic (exact) mass is 327 g/mol. The zero-order valence-electron chi connectivity index (χ0n) is 12.2. The molecule has 5 N–H and O–H groups in total. The first kappa shape index (κ1) is 17.1. The van der Waals surface area contributed by atoms with Gasteiger partial charge in [0.1, 0.15) is 24.1 Å². The molecule has 0 unspecified atom stereocenters. The van der Waals surface area contributed by atoms with E-state index < -0.39 is 42.8 Å². The van der Waals surface area contributed by atoms with Crippen molar-refractivity contribution in [3.63, 3.8) is 0 Å². The van der Waals surface area contributed by atoms with Crippen LogP contribution in [0.25, 0.3) is 6.08 Å². The fourth-order valence-corrected chi connectivity index (χ4v) is 2.14. The fourth-order valence-electron chi connectivity index (χ4n) is 2.14. The van der Waals surface area contributed by atoms with Gasteiger partial charge >= 0.3 is 11.7 Å². The average Bonchev–Trinajstić information content (AvgIpc) is 2.81. The van der Waals surface area contributed by atoms with E-state index in [-0.39, 0.29) is 11.4 Å². The van der Waals surface area contributed by atoms with Crippen molar-refractivity contribution in [2.45, 2.75) is 24.5 Å². The Morgan fingerprint density at radius 2 is 2.22 bits per heavy atom. The van der Waals surface area contributed by atoms with Crippen LogP contribution in [0.2, 0.25) is 0 Å². The van der Waals surface area contributed by atoms with Gasteiger partial charge in [0.25, 0.3) is 0 Å². The molecule has 0 aliphatic carbocycles. The maximum atomic E-state index is 11.9. The molecule has 0 radical (unpaired) electrons. The van der Waals surface area contributed by atoms with E-state index in [1.54, 1.807) is 0 Å². The Morgan fingerprint density at radius 1 is 1.52 bits per heavy atom. The third-order valence-corrected chi connectivity index (χ3v) is 3.40. The molecule has 2 rings (SSSR count). The first-order chi connectivity index (χ1) is 10.9. The van der Waals surface area contributed by atoms with Crippen LogP contribution < -0.4 is 11.4 Å². The van der Waals surface area contributed by atoms with Gasteiger partial charge in [-0.15, -0.1) is 0 Å². The lowest BCUT2D eigenvalue weighted by Crippen LogP contribution is -2.36. The van der Waals surface area contributed by atoms with Crippen molar-refractivity contribution in [3.05, 3.63) is 28.3 Å². The van der Waals surface area contributed by atoms with Crippen LogP contribution in [0, 0.1) is 0 Å². The van der Waals surface area contributed by atoms with E-state index in [0.29, 0.717) is 0 Å². The zero-order chi connectivity index (χ0) is 17.1. The molecule has 23 heavy (non-hydrogen) atoms. The number of carbonyl (C=O) groups is 1. The molecular formula is C13H17N3O7. The average molecular weight is 327 g/mol. The van der Waals surface area contributed by atoms with Gasteiger partial charge in [-0.1, -0.05) is 0 Å². The smallest absolute Gasteiger partial charge is 0.351 e. The van der Waals surface area contributed by atoms with E-state index >= 15 is 0 Å². The second-order valence-corrected chi connectivity index (χ2v) is 4.86. The van der Waals surface area contributed by atoms with Gasteiger partial charge in [0.15, 0.2) is 6.23 Å². The first-order valence-corrected chi connectivity index (χ1v) is 6.66. The summed E-state index contributed by atoms with van der Waals surface area (Å²) in [6, 6.07) is 0. The van der Waals surface area contributed by atoms with E-state index in [1.165, 1.54) is 19.4 Å². The Hall–Kier alpha value is -2.27. The van der Waals surface area contributed by atoms with Crippen molar-refractivity contribution >= 4 is 17.9 Å². The Balaban J connectivity index is 2.38. The van der Waals surface area contributed by atoms with Gasteiger partial charge in [-0.25, -0.2) is 9.59 Å². The molecule has 10 nitrogen and oxygen atoms in total. The summed E-state index contributed by atoms with van der Waals surface area (Å²) < 4.78 is 10.6. The van der Waals surface area contributed by atoms with Crippen molar-refractivity contribution in [2.24, 2.45) is 0 Å². The molecule has 1 fully saturated rings. The SMILES string of the molecule is COC(=O)/C=C/c1cn([C@@H]2O[C@H](CO)[C@@H](O)[C@@H]2O)c(=O)nc1N. The molecule has 10 heteroatoms. The van der Waals surface area contributed by atoms with E-state index in [2.05, 4.69) is 9.72 Å². The number of carbonyl (C=O) groups excluding carboxylic acids is 1.